The van der Waals surface area contributed by atoms with E-state index in [0.29, 0.717) is 0 Å². The zero-order valence-electron chi connectivity index (χ0n) is 7.55. The molecule has 3 heteroatoms. The van der Waals surface area contributed by atoms with Gasteiger partial charge in [0.05, 0.1) is 0 Å². The van der Waals surface area contributed by atoms with Gasteiger partial charge in [-0.15, -0.1) is 6.42 Å². The molecule has 72 valence electrons. The first-order valence-corrected chi connectivity index (χ1v) is 5.17. The molecule has 0 amide bonds. The average molecular weight is 206 g/mol. The Morgan fingerprint density at radius 2 is 2.14 bits per heavy atom. The van der Waals surface area contributed by atoms with E-state index in [4.69, 9.17) is 10.6 Å². The lowest BCUT2D eigenvalue weighted by Gasteiger charge is -1.93. The highest BCUT2D eigenvalue weighted by Crippen LogP contribution is 2.02. The summed E-state index contributed by atoms with van der Waals surface area (Å²) in [5.41, 5.74) is 0.977. The molecule has 2 nitrogen and oxygen atoms in total. The highest BCUT2D eigenvalue weighted by Gasteiger charge is 1.91. The van der Waals surface area contributed by atoms with Crippen LogP contribution in [0.1, 0.15) is 5.56 Å². The van der Waals surface area contributed by atoms with Crippen molar-refractivity contribution in [3.8, 4) is 12.3 Å². The van der Waals surface area contributed by atoms with Crippen molar-refractivity contribution < 1.29 is 8.39 Å². The molecule has 0 radical (unpaired) electrons. The lowest BCUT2D eigenvalue weighted by molar-refractivity contribution is 0.408. The Morgan fingerprint density at radius 3 is 2.79 bits per heavy atom. The molecule has 1 atom stereocenters. The molecule has 1 aromatic carbocycles. The molecular formula is C11H10O2S. The molecule has 0 aliphatic heterocycles. The van der Waals surface area contributed by atoms with Crippen LogP contribution in [-0.2, 0) is 15.3 Å². The summed E-state index contributed by atoms with van der Waals surface area (Å²) in [6.07, 6.45) is 6.68. The summed E-state index contributed by atoms with van der Waals surface area (Å²) < 4.78 is 15.8. The van der Waals surface area contributed by atoms with Crippen molar-refractivity contribution in [1.29, 1.82) is 0 Å². The molecule has 0 saturated carbocycles. The minimum absolute atomic E-state index is 0.0613. The van der Waals surface area contributed by atoms with Crippen LogP contribution >= 0.6 is 0 Å². The summed E-state index contributed by atoms with van der Waals surface area (Å²) >= 11 is -1.44. The third-order valence-corrected chi connectivity index (χ3v) is 2.14. The third-order valence-electron chi connectivity index (χ3n) is 1.43. The van der Waals surface area contributed by atoms with Gasteiger partial charge in [0.2, 0.25) is 0 Å². The first-order chi connectivity index (χ1) is 6.83. The summed E-state index contributed by atoms with van der Waals surface area (Å²) in [5.74, 6) is 2.25. The molecule has 1 rings (SSSR count). The van der Waals surface area contributed by atoms with Crippen LogP contribution in [0.4, 0.5) is 0 Å². The minimum Gasteiger partial charge on any atom is -0.274 e. The maximum absolute atomic E-state index is 11.1. The molecule has 1 unspecified atom stereocenters. The van der Waals surface area contributed by atoms with E-state index in [0.717, 1.165) is 5.56 Å². The predicted octanol–water partition coefficient (Wildman–Crippen LogP) is 1.97. The molecule has 0 spiro atoms. The topological polar surface area (TPSA) is 26.3 Å². The molecular weight excluding hydrogens is 196 g/mol. The van der Waals surface area contributed by atoms with Crippen molar-refractivity contribution in [1.82, 2.24) is 0 Å². The fourth-order valence-electron chi connectivity index (χ4n) is 0.830. The van der Waals surface area contributed by atoms with Crippen molar-refractivity contribution >= 4 is 17.2 Å². The molecule has 0 saturated heterocycles. The van der Waals surface area contributed by atoms with E-state index in [9.17, 15) is 4.21 Å². The van der Waals surface area contributed by atoms with Crippen LogP contribution in [0.15, 0.2) is 35.7 Å². The SMILES string of the molecule is C#CCOS(=O)C=Cc1ccccc1. The lowest BCUT2D eigenvalue weighted by Crippen LogP contribution is -1.92. The summed E-state index contributed by atoms with van der Waals surface area (Å²) in [7, 11) is 0. The van der Waals surface area contributed by atoms with E-state index < -0.39 is 11.1 Å². The highest BCUT2D eigenvalue weighted by molar-refractivity contribution is 7.83. The fourth-order valence-corrected chi connectivity index (χ4v) is 1.36. The monoisotopic (exact) mass is 206 g/mol. The largest absolute Gasteiger partial charge is 0.274 e. The van der Waals surface area contributed by atoms with E-state index in [-0.39, 0.29) is 6.61 Å². The predicted molar refractivity (Wildman–Crippen MR) is 58.4 cm³/mol. The number of hydrogen-bond donors (Lipinski definition) is 0. The first-order valence-electron chi connectivity index (χ1n) is 4.03. The van der Waals surface area contributed by atoms with Gasteiger partial charge in [0.1, 0.15) is 6.61 Å². The van der Waals surface area contributed by atoms with Gasteiger partial charge in [0.25, 0.3) is 0 Å². The van der Waals surface area contributed by atoms with E-state index >= 15 is 0 Å². The third kappa shape index (κ3) is 4.04. The smallest absolute Gasteiger partial charge is 0.182 e. The van der Waals surface area contributed by atoms with Gasteiger partial charge in [0, 0.05) is 5.41 Å². The van der Waals surface area contributed by atoms with Crippen molar-refractivity contribution in [3.63, 3.8) is 0 Å². The molecule has 0 fully saturated rings. The Hall–Kier alpha value is -1.37. The maximum Gasteiger partial charge on any atom is 0.182 e. The Balaban J connectivity index is 2.49. The van der Waals surface area contributed by atoms with Crippen molar-refractivity contribution in [2.75, 3.05) is 6.61 Å². The fraction of sp³-hybridized carbons (Fsp3) is 0.0909. The molecule has 1 aromatic rings. The summed E-state index contributed by atoms with van der Waals surface area (Å²) in [4.78, 5) is 0. The van der Waals surface area contributed by atoms with Gasteiger partial charge in [-0.2, -0.15) is 0 Å². The number of rotatable bonds is 4. The van der Waals surface area contributed by atoms with Gasteiger partial charge in [0.15, 0.2) is 11.1 Å². The van der Waals surface area contributed by atoms with Crippen LogP contribution in [0.5, 0.6) is 0 Å². The normalized spacial score (nSPS) is 12.5. The number of hydrogen-bond acceptors (Lipinski definition) is 2. The molecule has 0 aliphatic carbocycles. The van der Waals surface area contributed by atoms with Crippen molar-refractivity contribution in [2.45, 2.75) is 0 Å². The van der Waals surface area contributed by atoms with E-state index in [1.807, 2.05) is 30.3 Å². The van der Waals surface area contributed by atoms with Gasteiger partial charge in [-0.3, -0.25) is 4.18 Å². The quantitative estimate of drug-likeness (QED) is 0.704. The number of terminal acetylenes is 1. The molecule has 0 aliphatic rings. The van der Waals surface area contributed by atoms with Gasteiger partial charge < -0.3 is 0 Å². The van der Waals surface area contributed by atoms with E-state index in [1.165, 1.54) is 5.41 Å². The van der Waals surface area contributed by atoms with Crippen LogP contribution < -0.4 is 0 Å². The maximum atomic E-state index is 11.1. The van der Waals surface area contributed by atoms with Crippen molar-refractivity contribution in [3.05, 3.63) is 41.3 Å². The van der Waals surface area contributed by atoms with Crippen LogP contribution in [0.25, 0.3) is 6.08 Å². The van der Waals surface area contributed by atoms with Crippen LogP contribution in [0.3, 0.4) is 0 Å². The summed E-state index contributed by atoms with van der Waals surface area (Å²) in [5, 5.41) is 1.46. The minimum atomic E-state index is -1.44. The summed E-state index contributed by atoms with van der Waals surface area (Å²) in [6, 6.07) is 9.56. The lowest BCUT2D eigenvalue weighted by atomic mass is 10.2. The Bertz CT molecular complexity index is 363. The van der Waals surface area contributed by atoms with E-state index in [2.05, 4.69) is 5.92 Å². The van der Waals surface area contributed by atoms with Gasteiger partial charge in [-0.05, 0) is 11.6 Å². The Morgan fingerprint density at radius 1 is 1.43 bits per heavy atom. The van der Waals surface area contributed by atoms with Gasteiger partial charge >= 0.3 is 0 Å². The Labute approximate surface area is 86.3 Å². The first kappa shape index (κ1) is 10.7. The standard InChI is InChI=1S/C11H10O2S/c1-2-9-13-14(12)10-8-11-6-4-3-5-7-11/h1,3-8,10H,9H2. The second-order valence-corrected chi connectivity index (χ2v) is 3.47. The second kappa shape index (κ2) is 6.14. The van der Waals surface area contributed by atoms with Gasteiger partial charge in [-0.25, -0.2) is 4.21 Å². The second-order valence-electron chi connectivity index (χ2n) is 2.44. The summed E-state index contributed by atoms with van der Waals surface area (Å²) in [6.45, 7) is 0.0613. The van der Waals surface area contributed by atoms with Crippen LogP contribution in [0, 0.1) is 12.3 Å². The molecule has 14 heavy (non-hydrogen) atoms. The molecule has 0 heterocycles. The van der Waals surface area contributed by atoms with Crippen LogP contribution in [-0.4, -0.2) is 10.8 Å². The number of benzene rings is 1. The molecule has 0 aromatic heterocycles. The van der Waals surface area contributed by atoms with Gasteiger partial charge in [-0.1, -0.05) is 36.3 Å². The highest BCUT2D eigenvalue weighted by atomic mass is 32.2. The van der Waals surface area contributed by atoms with Crippen molar-refractivity contribution in [2.24, 2.45) is 0 Å². The zero-order valence-corrected chi connectivity index (χ0v) is 8.37. The molecule has 0 N–H and O–H groups in total. The zero-order chi connectivity index (χ0) is 10.2. The average Bonchev–Trinajstić information content (AvgIpc) is 2.25. The Kier molecular flexibility index (Phi) is 4.70. The van der Waals surface area contributed by atoms with Crippen LogP contribution in [0.2, 0.25) is 0 Å². The molecule has 0 bridgehead atoms. The van der Waals surface area contributed by atoms with E-state index in [1.54, 1.807) is 6.08 Å².